The smallest absolute Gasteiger partial charge is 0.337 e. The molecule has 0 bridgehead atoms. The molecule has 110 valence electrons. The Morgan fingerprint density at radius 2 is 1.95 bits per heavy atom. The Morgan fingerprint density at radius 3 is 2.48 bits per heavy atom. The number of carbonyl (C=O) groups is 2. The zero-order valence-corrected chi connectivity index (χ0v) is 12.7. The molecule has 0 spiro atoms. The lowest BCUT2D eigenvalue weighted by atomic mass is 9.99. The van der Waals surface area contributed by atoms with Crippen molar-refractivity contribution < 1.29 is 14.3 Å². The van der Waals surface area contributed by atoms with Crippen LogP contribution in [-0.2, 0) is 9.53 Å². The van der Waals surface area contributed by atoms with E-state index >= 15 is 0 Å². The number of allylic oxidation sites excluding steroid dienone is 5. The zero-order valence-electron chi connectivity index (χ0n) is 12.7. The van der Waals surface area contributed by atoms with Gasteiger partial charge in [-0.1, -0.05) is 37.8 Å². The monoisotopic (exact) mass is 284 g/mol. The number of ether oxygens (including phenoxy) is 1. The van der Waals surface area contributed by atoms with E-state index in [1.54, 1.807) is 30.4 Å². The van der Waals surface area contributed by atoms with Gasteiger partial charge in [-0.25, -0.2) is 4.79 Å². The van der Waals surface area contributed by atoms with Gasteiger partial charge in [-0.05, 0) is 42.7 Å². The molecule has 1 aromatic carbocycles. The molecule has 1 aromatic rings. The van der Waals surface area contributed by atoms with Crippen molar-refractivity contribution in [3.8, 4) is 0 Å². The van der Waals surface area contributed by atoms with E-state index in [9.17, 15) is 9.59 Å². The van der Waals surface area contributed by atoms with Crippen LogP contribution in [0.15, 0.2) is 54.6 Å². The second-order valence-electron chi connectivity index (χ2n) is 4.50. The minimum Gasteiger partial charge on any atom is -0.465 e. The van der Waals surface area contributed by atoms with Gasteiger partial charge >= 0.3 is 5.97 Å². The molecule has 0 aliphatic heterocycles. The fourth-order valence-electron chi connectivity index (χ4n) is 1.90. The van der Waals surface area contributed by atoms with Crippen molar-refractivity contribution in [2.24, 2.45) is 0 Å². The summed E-state index contributed by atoms with van der Waals surface area (Å²) in [4.78, 5) is 23.2. The Balaban J connectivity index is 3.27. The van der Waals surface area contributed by atoms with Crippen molar-refractivity contribution in [2.45, 2.75) is 20.3 Å². The first-order chi connectivity index (χ1) is 10.0. The molecule has 0 fully saturated rings. The van der Waals surface area contributed by atoms with Gasteiger partial charge in [0.2, 0.25) is 0 Å². The third-order valence-corrected chi connectivity index (χ3v) is 2.98. The summed E-state index contributed by atoms with van der Waals surface area (Å²) >= 11 is 0. The number of methoxy groups -OCH3 is 1. The molecule has 0 saturated carbocycles. The highest BCUT2D eigenvalue weighted by Crippen LogP contribution is 2.20. The minimum atomic E-state index is -0.392. The molecular weight excluding hydrogens is 264 g/mol. The van der Waals surface area contributed by atoms with Crippen molar-refractivity contribution in [1.29, 1.82) is 0 Å². The first-order valence-electron chi connectivity index (χ1n) is 6.77. The predicted octanol–water partition coefficient (Wildman–Crippen LogP) is 3.97. The first-order valence-corrected chi connectivity index (χ1v) is 6.77. The maximum absolute atomic E-state index is 11.6. The summed E-state index contributed by atoms with van der Waals surface area (Å²) in [5, 5.41) is 0. The van der Waals surface area contributed by atoms with Crippen LogP contribution in [0.4, 0.5) is 0 Å². The quantitative estimate of drug-likeness (QED) is 0.451. The van der Waals surface area contributed by atoms with E-state index in [-0.39, 0.29) is 5.78 Å². The largest absolute Gasteiger partial charge is 0.465 e. The molecule has 0 aliphatic carbocycles. The fraction of sp³-hybridized carbons (Fsp3) is 0.222. The van der Waals surface area contributed by atoms with E-state index < -0.39 is 5.97 Å². The molecule has 0 aliphatic rings. The van der Waals surface area contributed by atoms with E-state index in [1.807, 2.05) is 19.1 Å². The molecule has 0 atom stereocenters. The fourth-order valence-corrected chi connectivity index (χ4v) is 1.90. The molecule has 0 unspecified atom stereocenters. The van der Waals surface area contributed by atoms with Crippen LogP contribution in [0.3, 0.4) is 0 Å². The Kier molecular flexibility index (Phi) is 6.34. The number of Topliss-reactive ketones (excluding diaryl/α,β-unsaturated/α-hetero) is 1. The summed E-state index contributed by atoms with van der Waals surface area (Å²) in [6.07, 6.45) is 6.10. The molecular formula is C18H20O3. The summed E-state index contributed by atoms with van der Waals surface area (Å²) in [5.74, 6) is -0.392. The van der Waals surface area contributed by atoms with Gasteiger partial charge in [-0.15, -0.1) is 0 Å². The van der Waals surface area contributed by atoms with Crippen LogP contribution in [0, 0.1) is 0 Å². The van der Waals surface area contributed by atoms with E-state index in [2.05, 4.69) is 6.58 Å². The number of hydrogen-bond acceptors (Lipinski definition) is 3. The van der Waals surface area contributed by atoms with Crippen LogP contribution in [-0.4, -0.2) is 18.9 Å². The zero-order chi connectivity index (χ0) is 15.8. The summed E-state index contributed by atoms with van der Waals surface area (Å²) in [7, 11) is 1.34. The third kappa shape index (κ3) is 4.56. The third-order valence-electron chi connectivity index (χ3n) is 2.98. The second-order valence-corrected chi connectivity index (χ2v) is 4.50. The van der Waals surface area contributed by atoms with Gasteiger partial charge in [0.1, 0.15) is 0 Å². The van der Waals surface area contributed by atoms with E-state index in [0.717, 1.165) is 17.6 Å². The molecule has 0 amide bonds. The molecule has 0 aromatic heterocycles. The molecule has 0 saturated heterocycles. The minimum absolute atomic E-state index is 0.000299. The molecule has 3 heteroatoms. The van der Waals surface area contributed by atoms with Crippen molar-refractivity contribution in [3.05, 3.63) is 65.8 Å². The topological polar surface area (TPSA) is 43.4 Å². The Labute approximate surface area is 125 Å². The summed E-state index contributed by atoms with van der Waals surface area (Å²) in [5.41, 5.74) is 2.70. The number of esters is 1. The number of hydrogen-bond donors (Lipinski definition) is 0. The Hall–Kier alpha value is -2.42. The Morgan fingerprint density at radius 1 is 1.29 bits per heavy atom. The highest BCUT2D eigenvalue weighted by Gasteiger charge is 2.08. The maximum atomic E-state index is 11.6. The van der Waals surface area contributed by atoms with Crippen LogP contribution >= 0.6 is 0 Å². The van der Waals surface area contributed by atoms with Crippen molar-refractivity contribution in [2.75, 3.05) is 7.11 Å². The van der Waals surface area contributed by atoms with E-state index in [4.69, 9.17) is 4.74 Å². The van der Waals surface area contributed by atoms with Gasteiger partial charge in [-0.3, -0.25) is 4.79 Å². The number of ketones is 1. The van der Waals surface area contributed by atoms with Gasteiger partial charge in [0.05, 0.1) is 12.7 Å². The van der Waals surface area contributed by atoms with Gasteiger partial charge in [0, 0.05) is 5.57 Å². The lowest BCUT2D eigenvalue weighted by molar-refractivity contribution is -0.113. The van der Waals surface area contributed by atoms with Gasteiger partial charge < -0.3 is 4.74 Å². The lowest BCUT2D eigenvalue weighted by Crippen LogP contribution is -2.01. The maximum Gasteiger partial charge on any atom is 0.337 e. The van der Waals surface area contributed by atoms with Gasteiger partial charge in [0.25, 0.3) is 0 Å². The van der Waals surface area contributed by atoms with E-state index in [1.165, 1.54) is 14.0 Å². The Bertz CT molecular complexity index is 607. The average molecular weight is 284 g/mol. The van der Waals surface area contributed by atoms with Gasteiger partial charge in [-0.2, -0.15) is 0 Å². The van der Waals surface area contributed by atoms with Crippen LogP contribution in [0.25, 0.3) is 5.57 Å². The van der Waals surface area contributed by atoms with E-state index in [0.29, 0.717) is 11.1 Å². The first kappa shape index (κ1) is 16.6. The number of carbonyl (C=O) groups excluding carboxylic acids is 2. The number of benzene rings is 1. The molecule has 0 heterocycles. The molecule has 21 heavy (non-hydrogen) atoms. The average Bonchev–Trinajstić information content (AvgIpc) is 2.50. The summed E-state index contributed by atoms with van der Waals surface area (Å²) in [6, 6.07) is 7.05. The van der Waals surface area contributed by atoms with Crippen LogP contribution in [0.2, 0.25) is 0 Å². The summed E-state index contributed by atoms with van der Waals surface area (Å²) < 4.78 is 4.71. The molecule has 3 nitrogen and oxygen atoms in total. The SMILES string of the molecule is C=C/C(=C\C(=C/CC)C(C)=O)c1cccc(C(=O)OC)c1. The van der Waals surface area contributed by atoms with Crippen molar-refractivity contribution >= 4 is 17.3 Å². The predicted molar refractivity (Wildman–Crippen MR) is 85.0 cm³/mol. The van der Waals surface area contributed by atoms with Crippen molar-refractivity contribution in [3.63, 3.8) is 0 Å². The number of rotatable bonds is 6. The molecule has 0 N–H and O–H groups in total. The van der Waals surface area contributed by atoms with Crippen LogP contribution in [0.1, 0.15) is 36.2 Å². The van der Waals surface area contributed by atoms with Crippen LogP contribution < -0.4 is 0 Å². The standard InChI is InChI=1S/C18H20O3/c1-5-8-15(13(3)19)11-14(6-2)16-9-7-10-17(12-16)18(20)21-4/h6-12H,2,5H2,1,3-4H3/b14-11+,15-8+. The van der Waals surface area contributed by atoms with Gasteiger partial charge in [0.15, 0.2) is 5.78 Å². The second kappa shape index (κ2) is 8.00. The highest BCUT2D eigenvalue weighted by atomic mass is 16.5. The van der Waals surface area contributed by atoms with Crippen molar-refractivity contribution in [1.82, 2.24) is 0 Å². The normalized spacial score (nSPS) is 12.0. The van der Waals surface area contributed by atoms with Crippen LogP contribution in [0.5, 0.6) is 0 Å². The molecule has 1 rings (SSSR count). The highest BCUT2D eigenvalue weighted by molar-refractivity contribution is 5.99. The lowest BCUT2D eigenvalue weighted by Gasteiger charge is -2.06. The molecule has 0 radical (unpaired) electrons. The summed E-state index contributed by atoms with van der Waals surface area (Å²) in [6.45, 7) is 7.29.